The second-order valence-corrected chi connectivity index (χ2v) is 7.16. The highest BCUT2D eigenvalue weighted by Crippen LogP contribution is 2.36. The topological polar surface area (TPSA) is 27.8 Å². The van der Waals surface area contributed by atoms with Gasteiger partial charge in [0.1, 0.15) is 0 Å². The van der Waals surface area contributed by atoms with E-state index in [-0.39, 0.29) is 0 Å². The highest BCUT2D eigenvalue weighted by atomic mass is 27.1. The number of fused-ring (bicyclic) bond motifs is 6. The number of para-hydroxylation sites is 2. The standard InChI is InChI=1S/C19H12N2.2Al/c1-3-7-17-13(5-1)15-10-19-16(9-12(15)11-20-17)14-6-2-4-8-18(14)21-19;;/h1-8,20-21H,11H2;;. The summed E-state index contributed by atoms with van der Waals surface area (Å²) >= 11 is 5.95. The number of nitrogens with one attached hydrogen (secondary N) is 2. The van der Waals surface area contributed by atoms with E-state index >= 15 is 0 Å². The largest absolute Gasteiger partial charge is 0.380 e. The molecule has 2 nitrogen and oxygen atoms in total. The van der Waals surface area contributed by atoms with E-state index in [1.165, 1.54) is 53.0 Å². The number of anilines is 1. The summed E-state index contributed by atoms with van der Waals surface area (Å²) in [6.07, 6.45) is 0. The Kier molecular flexibility index (Phi) is 2.93. The fourth-order valence-corrected chi connectivity index (χ4v) is 4.82. The first-order valence-electron chi connectivity index (χ1n) is 7.69. The summed E-state index contributed by atoms with van der Waals surface area (Å²) in [4.78, 5) is 3.61. The van der Waals surface area contributed by atoms with E-state index in [4.69, 9.17) is 0 Å². The van der Waals surface area contributed by atoms with Gasteiger partial charge in [-0.05, 0) is 28.6 Å². The molecule has 4 radical (unpaired) electrons. The summed E-state index contributed by atoms with van der Waals surface area (Å²) < 4.78 is 2.55. The Bertz CT molecular complexity index is 1100. The van der Waals surface area contributed by atoms with E-state index in [1.54, 1.807) is 0 Å². The van der Waals surface area contributed by atoms with Crippen molar-refractivity contribution in [2.75, 3.05) is 5.32 Å². The summed E-state index contributed by atoms with van der Waals surface area (Å²) in [5.74, 6) is 0. The fourth-order valence-electron chi connectivity index (χ4n) is 3.73. The first kappa shape index (κ1) is 13.7. The van der Waals surface area contributed by atoms with Crippen LogP contribution >= 0.6 is 0 Å². The molecule has 5 rings (SSSR count). The van der Waals surface area contributed by atoms with E-state index in [2.05, 4.69) is 91.4 Å². The molecule has 104 valence electrons. The molecule has 0 saturated heterocycles. The van der Waals surface area contributed by atoms with Crippen molar-refractivity contribution in [3.63, 3.8) is 0 Å². The molecule has 4 heteroatoms. The predicted octanol–water partition coefficient (Wildman–Crippen LogP) is 2.50. The van der Waals surface area contributed by atoms with Gasteiger partial charge in [0.15, 0.2) is 32.6 Å². The van der Waals surface area contributed by atoms with Crippen molar-refractivity contribution in [3.8, 4) is 11.1 Å². The Morgan fingerprint density at radius 3 is 2.57 bits per heavy atom. The maximum atomic E-state index is 3.61. The first-order valence-corrected chi connectivity index (χ1v) is 8.84. The van der Waals surface area contributed by atoms with Crippen LogP contribution in [0.3, 0.4) is 0 Å². The number of hydrogen-bond donors (Lipinski definition) is 2. The number of benzene rings is 3. The average Bonchev–Trinajstić information content (AvgIpc) is 2.99. The van der Waals surface area contributed by atoms with Gasteiger partial charge in [0.05, 0.1) is 0 Å². The summed E-state index contributed by atoms with van der Waals surface area (Å²) in [7, 11) is 0. The average molecular weight is 322 g/mol. The van der Waals surface area contributed by atoms with Crippen molar-refractivity contribution in [1.29, 1.82) is 0 Å². The molecule has 0 aliphatic carbocycles. The zero-order valence-corrected chi connectivity index (χ0v) is 14.8. The molecule has 0 saturated carbocycles. The van der Waals surface area contributed by atoms with Gasteiger partial charge in [-0.1, -0.05) is 36.4 Å². The normalized spacial score (nSPS) is 12.9. The van der Waals surface area contributed by atoms with Crippen LogP contribution in [0.25, 0.3) is 32.9 Å². The lowest BCUT2D eigenvalue weighted by molar-refractivity contribution is 1.15. The highest BCUT2D eigenvalue weighted by Gasteiger charge is 2.21. The Hall–Kier alpha value is -1.68. The molecule has 2 N–H and O–H groups in total. The third-order valence-corrected chi connectivity index (χ3v) is 6.01. The molecule has 1 aromatic heterocycles. The summed E-state index contributed by atoms with van der Waals surface area (Å²) in [6, 6.07) is 17.1. The second kappa shape index (κ2) is 4.91. The van der Waals surface area contributed by atoms with Crippen molar-refractivity contribution >= 4 is 68.9 Å². The van der Waals surface area contributed by atoms with E-state index < -0.39 is 0 Å². The van der Waals surface area contributed by atoms with Crippen molar-refractivity contribution < 1.29 is 0 Å². The number of aromatic nitrogens is 1. The Labute approximate surface area is 150 Å². The van der Waals surface area contributed by atoms with E-state index in [0.717, 1.165) is 6.54 Å². The quantitative estimate of drug-likeness (QED) is 0.478. The smallest absolute Gasteiger partial charge is 0.180 e. The zero-order chi connectivity index (χ0) is 15.6. The number of rotatable bonds is 0. The molecule has 1 aliphatic heterocycles. The van der Waals surface area contributed by atoms with E-state index in [0.29, 0.717) is 0 Å². The molecule has 2 heterocycles. The molecule has 0 amide bonds. The van der Waals surface area contributed by atoms with E-state index in [1.807, 2.05) is 0 Å². The summed E-state index contributed by atoms with van der Waals surface area (Å²) in [6.45, 7) is 0.863. The monoisotopic (exact) mass is 322 g/mol. The van der Waals surface area contributed by atoms with Crippen LogP contribution in [0.4, 0.5) is 5.69 Å². The van der Waals surface area contributed by atoms with Gasteiger partial charge >= 0.3 is 0 Å². The number of H-pyrrole nitrogens is 1. The lowest BCUT2D eigenvalue weighted by Crippen LogP contribution is -2.27. The minimum absolute atomic E-state index is 0.863. The van der Waals surface area contributed by atoms with Gasteiger partial charge in [-0.2, -0.15) is 0 Å². The molecular formula is C19H12Al2N2. The van der Waals surface area contributed by atoms with Gasteiger partial charge in [-0.25, -0.2) is 0 Å². The molecule has 1 aliphatic rings. The number of aromatic amines is 1. The van der Waals surface area contributed by atoms with Crippen LogP contribution in [-0.2, 0) is 6.54 Å². The molecule has 0 bridgehead atoms. The lowest BCUT2D eigenvalue weighted by atomic mass is 9.92. The van der Waals surface area contributed by atoms with Crippen molar-refractivity contribution in [1.82, 2.24) is 4.98 Å². The molecule has 0 fully saturated rings. The number of hydrogen-bond acceptors (Lipinski definition) is 1. The molecule has 0 atom stereocenters. The fraction of sp³-hybridized carbons (Fsp3) is 0.0526. The minimum Gasteiger partial charge on any atom is -0.380 e. The first-order chi connectivity index (χ1) is 11.3. The molecular weight excluding hydrogens is 310 g/mol. The van der Waals surface area contributed by atoms with Crippen LogP contribution in [-0.4, -0.2) is 37.6 Å². The maximum absolute atomic E-state index is 3.61. The predicted molar refractivity (Wildman–Crippen MR) is 99.3 cm³/mol. The van der Waals surface area contributed by atoms with Gasteiger partial charge in [-0.3, -0.25) is 0 Å². The molecule has 4 aromatic rings. The van der Waals surface area contributed by atoms with Crippen molar-refractivity contribution in [2.45, 2.75) is 6.54 Å². The highest BCUT2D eigenvalue weighted by molar-refractivity contribution is 6.50. The van der Waals surface area contributed by atoms with Crippen LogP contribution < -0.4 is 14.2 Å². The van der Waals surface area contributed by atoms with Crippen LogP contribution in [0.2, 0.25) is 0 Å². The van der Waals surface area contributed by atoms with Crippen LogP contribution in [0.5, 0.6) is 0 Å². The SMILES string of the molecule is [Al][c]1c2c([c]([Al])c3c1[nH]c1ccccc13)CNc1ccccc1-2. The van der Waals surface area contributed by atoms with Crippen LogP contribution in [0.15, 0.2) is 48.5 Å². The Morgan fingerprint density at radius 2 is 1.65 bits per heavy atom. The maximum Gasteiger partial charge on any atom is 0.180 e. The van der Waals surface area contributed by atoms with Crippen molar-refractivity contribution in [3.05, 3.63) is 54.1 Å². The van der Waals surface area contributed by atoms with Gasteiger partial charge in [0, 0.05) is 34.2 Å². The van der Waals surface area contributed by atoms with Gasteiger partial charge in [0.2, 0.25) is 0 Å². The Morgan fingerprint density at radius 1 is 0.870 bits per heavy atom. The Balaban J connectivity index is 2.00. The molecule has 3 aromatic carbocycles. The van der Waals surface area contributed by atoms with E-state index in [9.17, 15) is 0 Å². The molecule has 0 spiro atoms. The second-order valence-electron chi connectivity index (χ2n) is 6.00. The van der Waals surface area contributed by atoms with Crippen molar-refractivity contribution in [2.24, 2.45) is 0 Å². The van der Waals surface area contributed by atoms with Gasteiger partial charge < -0.3 is 10.3 Å². The van der Waals surface area contributed by atoms with Gasteiger partial charge in [0.25, 0.3) is 0 Å². The molecule has 23 heavy (non-hydrogen) atoms. The minimum atomic E-state index is 0.863. The zero-order valence-electron chi connectivity index (χ0n) is 12.5. The van der Waals surface area contributed by atoms with Gasteiger partial charge in [-0.15, -0.1) is 8.85 Å². The van der Waals surface area contributed by atoms with Crippen LogP contribution in [0, 0.1) is 0 Å². The summed E-state index contributed by atoms with van der Waals surface area (Å²) in [5.41, 5.74) is 7.62. The third-order valence-electron chi connectivity index (χ3n) is 4.79. The third kappa shape index (κ3) is 1.81. The van der Waals surface area contributed by atoms with Crippen LogP contribution in [0.1, 0.15) is 5.56 Å². The molecule has 0 unspecified atom stereocenters. The summed E-state index contributed by atoms with van der Waals surface area (Å²) in [5, 5.41) is 6.16. The lowest BCUT2D eigenvalue weighted by Gasteiger charge is -2.27.